The second-order valence-electron chi connectivity index (χ2n) is 4.32. The van der Waals surface area contributed by atoms with Gasteiger partial charge in [-0.05, 0) is 30.3 Å². The summed E-state index contributed by atoms with van der Waals surface area (Å²) in [5.41, 5.74) is 0.575. The summed E-state index contributed by atoms with van der Waals surface area (Å²) in [6.45, 7) is 5.00. The summed E-state index contributed by atoms with van der Waals surface area (Å²) in [7, 11) is 0. The van der Waals surface area contributed by atoms with Crippen molar-refractivity contribution in [1.29, 1.82) is 0 Å². The molecule has 1 unspecified atom stereocenters. The summed E-state index contributed by atoms with van der Waals surface area (Å²) in [6, 6.07) is 6.24. The molecule has 1 aromatic carbocycles. The zero-order valence-electron chi connectivity index (χ0n) is 11.2. The van der Waals surface area contributed by atoms with Crippen molar-refractivity contribution >= 4 is 0 Å². The fourth-order valence-corrected chi connectivity index (χ4v) is 1.93. The third-order valence-electron chi connectivity index (χ3n) is 2.81. The number of aromatic nitrogens is 4. The molecule has 1 aromatic heterocycles. The molecule has 2 rings (SSSR count). The highest BCUT2D eigenvalue weighted by atomic mass is 19.1. The lowest BCUT2D eigenvalue weighted by Gasteiger charge is -2.12. The Labute approximate surface area is 111 Å². The van der Waals surface area contributed by atoms with Crippen LogP contribution in [0.25, 0.3) is 5.69 Å². The van der Waals surface area contributed by atoms with E-state index in [1.165, 1.54) is 16.9 Å². The highest BCUT2D eigenvalue weighted by Crippen LogP contribution is 2.14. The Kier molecular flexibility index (Phi) is 4.57. The van der Waals surface area contributed by atoms with Crippen molar-refractivity contribution in [2.75, 3.05) is 6.54 Å². The average molecular weight is 263 g/mol. The van der Waals surface area contributed by atoms with Crippen molar-refractivity contribution in [1.82, 2.24) is 25.5 Å². The Bertz CT molecular complexity index is 519. The van der Waals surface area contributed by atoms with E-state index in [4.69, 9.17) is 0 Å². The molecule has 0 fully saturated rings. The number of nitrogens with one attached hydrogen (secondary N) is 1. The molecule has 0 aliphatic carbocycles. The van der Waals surface area contributed by atoms with Crippen molar-refractivity contribution in [2.45, 2.75) is 32.7 Å². The maximum Gasteiger partial charge on any atom is 0.192 e. The molecule has 1 atom stereocenters. The topological polar surface area (TPSA) is 55.6 Å². The summed E-state index contributed by atoms with van der Waals surface area (Å²) in [5, 5.41) is 15.7. The van der Waals surface area contributed by atoms with Crippen LogP contribution < -0.4 is 5.32 Å². The molecule has 0 amide bonds. The maximum atomic E-state index is 13.2. The highest BCUT2D eigenvalue weighted by Gasteiger charge is 2.15. The van der Waals surface area contributed by atoms with Gasteiger partial charge < -0.3 is 5.32 Å². The second-order valence-corrected chi connectivity index (χ2v) is 4.32. The van der Waals surface area contributed by atoms with Gasteiger partial charge in [0.15, 0.2) is 5.82 Å². The number of hydrogen-bond donors (Lipinski definition) is 1. The minimum atomic E-state index is -0.312. The van der Waals surface area contributed by atoms with Gasteiger partial charge in [-0.25, -0.2) is 4.39 Å². The third kappa shape index (κ3) is 3.35. The van der Waals surface area contributed by atoms with Crippen LogP contribution in [-0.4, -0.2) is 26.8 Å². The van der Waals surface area contributed by atoms with Gasteiger partial charge in [0.05, 0.1) is 11.7 Å². The quantitative estimate of drug-likeness (QED) is 0.868. The molecular weight excluding hydrogens is 245 g/mol. The summed E-state index contributed by atoms with van der Waals surface area (Å²) < 4.78 is 13.2. The Balaban J connectivity index is 2.22. The van der Waals surface area contributed by atoms with Gasteiger partial charge in [-0.15, -0.1) is 15.0 Å². The Morgan fingerprint density at radius 1 is 1.37 bits per heavy atom. The van der Waals surface area contributed by atoms with E-state index in [1.54, 1.807) is 12.1 Å². The number of tetrazole rings is 1. The predicted octanol–water partition coefficient (Wildman–Crippen LogP) is 2.25. The molecule has 102 valence electrons. The van der Waals surface area contributed by atoms with E-state index in [0.29, 0.717) is 11.5 Å². The van der Waals surface area contributed by atoms with Gasteiger partial charge in [-0.2, -0.15) is 0 Å². The number of nitrogens with zero attached hydrogens (tertiary/aromatic N) is 4. The number of halogens is 1. The first-order chi connectivity index (χ1) is 9.24. The molecule has 1 heterocycles. The van der Waals surface area contributed by atoms with Crippen molar-refractivity contribution in [3.63, 3.8) is 0 Å². The smallest absolute Gasteiger partial charge is 0.192 e. The maximum absolute atomic E-state index is 13.2. The number of rotatable bonds is 6. The van der Waals surface area contributed by atoms with Crippen LogP contribution >= 0.6 is 0 Å². The van der Waals surface area contributed by atoms with Gasteiger partial charge in [0, 0.05) is 6.07 Å². The van der Waals surface area contributed by atoms with Gasteiger partial charge in [0.2, 0.25) is 0 Å². The molecule has 2 aromatic rings. The van der Waals surface area contributed by atoms with Gasteiger partial charge in [-0.3, -0.25) is 0 Å². The first-order valence-corrected chi connectivity index (χ1v) is 6.53. The zero-order chi connectivity index (χ0) is 13.7. The van der Waals surface area contributed by atoms with E-state index in [1.807, 2.05) is 6.92 Å². The fraction of sp³-hybridized carbons (Fsp3) is 0.462. The molecule has 0 saturated heterocycles. The molecule has 0 bridgehead atoms. The minimum Gasteiger partial charge on any atom is -0.307 e. The predicted molar refractivity (Wildman–Crippen MR) is 70.4 cm³/mol. The lowest BCUT2D eigenvalue weighted by atomic mass is 10.1. The van der Waals surface area contributed by atoms with E-state index in [-0.39, 0.29) is 11.9 Å². The molecule has 5 nitrogen and oxygen atoms in total. The van der Waals surface area contributed by atoms with Gasteiger partial charge in [-0.1, -0.05) is 26.3 Å². The van der Waals surface area contributed by atoms with Crippen LogP contribution in [0.15, 0.2) is 24.3 Å². The van der Waals surface area contributed by atoms with Crippen LogP contribution in [0.3, 0.4) is 0 Å². The lowest BCUT2D eigenvalue weighted by molar-refractivity contribution is 0.484. The summed E-state index contributed by atoms with van der Waals surface area (Å²) >= 11 is 0. The van der Waals surface area contributed by atoms with E-state index < -0.39 is 0 Å². The van der Waals surface area contributed by atoms with Crippen molar-refractivity contribution in [2.24, 2.45) is 0 Å². The van der Waals surface area contributed by atoms with E-state index in [2.05, 4.69) is 27.7 Å². The third-order valence-corrected chi connectivity index (χ3v) is 2.81. The fourth-order valence-electron chi connectivity index (χ4n) is 1.93. The van der Waals surface area contributed by atoms with E-state index in [9.17, 15) is 4.39 Å². The first-order valence-electron chi connectivity index (χ1n) is 6.53. The molecular formula is C13H18FN5. The zero-order valence-corrected chi connectivity index (χ0v) is 11.2. The van der Waals surface area contributed by atoms with Crippen LogP contribution in [0.4, 0.5) is 4.39 Å². The van der Waals surface area contributed by atoms with Crippen molar-refractivity contribution < 1.29 is 4.39 Å². The average Bonchev–Trinajstić information content (AvgIpc) is 2.88. The summed E-state index contributed by atoms with van der Waals surface area (Å²) in [6.07, 6.45) is 1.98. The van der Waals surface area contributed by atoms with Crippen LogP contribution in [0.5, 0.6) is 0 Å². The normalized spacial score (nSPS) is 12.6. The van der Waals surface area contributed by atoms with E-state index >= 15 is 0 Å². The molecule has 0 spiro atoms. The molecule has 0 aliphatic heterocycles. The molecule has 0 aliphatic rings. The first kappa shape index (κ1) is 13.6. The number of hydrogen-bond acceptors (Lipinski definition) is 4. The van der Waals surface area contributed by atoms with Gasteiger partial charge in [0.1, 0.15) is 5.82 Å². The molecule has 0 radical (unpaired) electrons. The summed E-state index contributed by atoms with van der Waals surface area (Å²) in [4.78, 5) is 1.36. The minimum absolute atomic E-state index is 0.0947. The second kappa shape index (κ2) is 6.38. The summed E-state index contributed by atoms with van der Waals surface area (Å²) in [5.74, 6) is 0.334. The van der Waals surface area contributed by atoms with Crippen molar-refractivity contribution in [3.8, 4) is 5.69 Å². The molecule has 0 saturated carbocycles. The largest absolute Gasteiger partial charge is 0.307 e. The Morgan fingerprint density at radius 3 is 2.89 bits per heavy atom. The van der Waals surface area contributed by atoms with Gasteiger partial charge in [0.25, 0.3) is 0 Å². The molecule has 19 heavy (non-hydrogen) atoms. The van der Waals surface area contributed by atoms with Crippen LogP contribution in [-0.2, 0) is 0 Å². The molecule has 1 N–H and O–H groups in total. The van der Waals surface area contributed by atoms with Crippen molar-refractivity contribution in [3.05, 3.63) is 35.9 Å². The lowest BCUT2D eigenvalue weighted by Crippen LogP contribution is -2.22. The van der Waals surface area contributed by atoms with Crippen LogP contribution in [0.1, 0.15) is 38.6 Å². The highest BCUT2D eigenvalue weighted by molar-refractivity contribution is 5.29. The Morgan fingerprint density at radius 2 is 2.21 bits per heavy atom. The van der Waals surface area contributed by atoms with Crippen LogP contribution in [0.2, 0.25) is 0 Å². The molecule has 6 heteroatoms. The van der Waals surface area contributed by atoms with Crippen LogP contribution in [0, 0.1) is 5.82 Å². The van der Waals surface area contributed by atoms with Gasteiger partial charge >= 0.3 is 0 Å². The Hall–Kier alpha value is -1.82. The monoisotopic (exact) mass is 263 g/mol. The standard InChI is InChI=1S/C13H18FN5/c1-3-6-12(15-4-2)13-16-18-19(17-13)11-8-5-7-10(14)9-11/h5,7-9,12,15H,3-4,6H2,1-2H3. The number of benzene rings is 1. The SMILES string of the molecule is CCCC(NCC)c1nnn(-c2cccc(F)c2)n1. The van der Waals surface area contributed by atoms with E-state index in [0.717, 1.165) is 19.4 Å².